The van der Waals surface area contributed by atoms with E-state index in [0.29, 0.717) is 19.5 Å². The summed E-state index contributed by atoms with van der Waals surface area (Å²) in [6, 6.07) is 0. The normalized spacial score (nSPS) is 23.9. The Morgan fingerprint density at radius 2 is 1.83 bits per heavy atom. The number of halogens is 3. The molecular formula is C15H23BF3NO3. The van der Waals surface area contributed by atoms with Crippen LogP contribution in [0.4, 0.5) is 13.2 Å². The molecule has 0 aromatic carbocycles. The summed E-state index contributed by atoms with van der Waals surface area (Å²) in [7, 11) is -0.451. The molecule has 130 valence electrons. The molecule has 1 saturated heterocycles. The topological polar surface area (TPSA) is 38.8 Å². The highest BCUT2D eigenvalue weighted by Gasteiger charge is 2.52. The number of carbonyl (C=O) groups is 1. The Hall–Kier alpha value is -1.02. The molecule has 0 bridgehead atoms. The number of hydrogen-bond acceptors (Lipinski definition) is 3. The molecular weight excluding hydrogens is 310 g/mol. The number of hydrogen-bond donors (Lipinski definition) is 0. The van der Waals surface area contributed by atoms with E-state index in [9.17, 15) is 18.0 Å². The monoisotopic (exact) mass is 333 g/mol. The van der Waals surface area contributed by atoms with E-state index in [2.05, 4.69) is 0 Å². The molecule has 1 amide bonds. The van der Waals surface area contributed by atoms with Crippen LogP contribution in [0.5, 0.6) is 0 Å². The molecule has 1 fully saturated rings. The molecule has 0 spiro atoms. The number of rotatable bonds is 3. The van der Waals surface area contributed by atoms with E-state index >= 15 is 0 Å². The van der Waals surface area contributed by atoms with E-state index in [1.807, 2.05) is 33.8 Å². The van der Waals surface area contributed by atoms with Crippen LogP contribution in [0.15, 0.2) is 11.5 Å². The van der Waals surface area contributed by atoms with Crippen molar-refractivity contribution in [2.45, 2.75) is 64.3 Å². The minimum absolute atomic E-state index is 0.302. The highest BCUT2D eigenvalue weighted by atomic mass is 19.4. The molecule has 0 aromatic rings. The largest absolute Gasteiger partial charge is 0.490 e. The summed E-state index contributed by atoms with van der Waals surface area (Å²) in [6.07, 6.45) is -3.49. The molecule has 0 aromatic heterocycles. The van der Waals surface area contributed by atoms with Crippen molar-refractivity contribution in [3.05, 3.63) is 11.5 Å². The van der Waals surface area contributed by atoms with Crippen LogP contribution in [0.1, 0.15) is 47.0 Å². The second-order valence-electron chi connectivity index (χ2n) is 7.07. The van der Waals surface area contributed by atoms with Gasteiger partial charge in [0.05, 0.1) is 17.6 Å². The third-order valence-corrected chi connectivity index (χ3v) is 4.78. The second kappa shape index (κ2) is 6.13. The standard InChI is InChI=1S/C15H23BF3NO3/c1-13(2)14(3,4)23-16(22-13)11-6-9-20(10-7-11)12(21)5-8-15(17,18)19/h6H,5,7-10H2,1-4H3. The van der Waals surface area contributed by atoms with Crippen LogP contribution in [0.3, 0.4) is 0 Å². The summed E-state index contributed by atoms with van der Waals surface area (Å²) in [5.74, 6) is -0.466. The van der Waals surface area contributed by atoms with Crippen molar-refractivity contribution in [3.63, 3.8) is 0 Å². The zero-order valence-corrected chi connectivity index (χ0v) is 14.0. The van der Waals surface area contributed by atoms with Gasteiger partial charge in [-0.1, -0.05) is 6.08 Å². The fraction of sp³-hybridized carbons (Fsp3) is 0.800. The van der Waals surface area contributed by atoms with E-state index in [-0.39, 0.29) is 0 Å². The first-order chi connectivity index (χ1) is 10.4. The van der Waals surface area contributed by atoms with Gasteiger partial charge < -0.3 is 14.2 Å². The van der Waals surface area contributed by atoms with Gasteiger partial charge in [-0.2, -0.15) is 13.2 Å². The number of alkyl halides is 3. The fourth-order valence-electron chi connectivity index (χ4n) is 2.53. The zero-order valence-electron chi connectivity index (χ0n) is 14.0. The van der Waals surface area contributed by atoms with Crippen molar-refractivity contribution < 1.29 is 27.3 Å². The van der Waals surface area contributed by atoms with Gasteiger partial charge in [0, 0.05) is 19.5 Å². The Bertz CT molecular complexity index is 487. The summed E-state index contributed by atoms with van der Waals surface area (Å²) >= 11 is 0. The molecule has 4 nitrogen and oxygen atoms in total. The van der Waals surface area contributed by atoms with Crippen LogP contribution in [0, 0.1) is 0 Å². The molecule has 0 aliphatic carbocycles. The lowest BCUT2D eigenvalue weighted by atomic mass is 9.74. The van der Waals surface area contributed by atoms with Crippen molar-refractivity contribution in [3.8, 4) is 0 Å². The van der Waals surface area contributed by atoms with Crippen molar-refractivity contribution in [2.75, 3.05) is 13.1 Å². The van der Waals surface area contributed by atoms with Crippen molar-refractivity contribution in [1.29, 1.82) is 0 Å². The van der Waals surface area contributed by atoms with Gasteiger partial charge in [0.1, 0.15) is 0 Å². The van der Waals surface area contributed by atoms with Crippen molar-refractivity contribution in [2.24, 2.45) is 0 Å². The Morgan fingerprint density at radius 3 is 2.26 bits per heavy atom. The first-order valence-electron chi connectivity index (χ1n) is 7.80. The molecule has 0 saturated carbocycles. The quantitative estimate of drug-likeness (QED) is 0.745. The highest BCUT2D eigenvalue weighted by molar-refractivity contribution is 6.54. The predicted molar refractivity (Wildman–Crippen MR) is 80.7 cm³/mol. The van der Waals surface area contributed by atoms with Gasteiger partial charge in [0.2, 0.25) is 5.91 Å². The van der Waals surface area contributed by atoms with Crippen LogP contribution in [0.2, 0.25) is 0 Å². The lowest BCUT2D eigenvalue weighted by Crippen LogP contribution is -2.41. The van der Waals surface area contributed by atoms with Crippen LogP contribution in [-0.4, -0.2) is 48.4 Å². The van der Waals surface area contributed by atoms with Crippen molar-refractivity contribution >= 4 is 13.0 Å². The number of nitrogens with zero attached hydrogens (tertiary/aromatic N) is 1. The second-order valence-corrected chi connectivity index (χ2v) is 7.07. The van der Waals surface area contributed by atoms with Gasteiger partial charge >= 0.3 is 13.3 Å². The van der Waals surface area contributed by atoms with Crippen LogP contribution in [0.25, 0.3) is 0 Å². The SMILES string of the molecule is CC1(C)OB(C2=CCN(C(=O)CCC(F)(F)F)CC2)OC1(C)C. The van der Waals surface area contributed by atoms with Gasteiger partial charge in [-0.15, -0.1) is 0 Å². The number of amides is 1. The van der Waals surface area contributed by atoms with E-state index in [1.165, 1.54) is 4.90 Å². The van der Waals surface area contributed by atoms with E-state index < -0.39 is 43.2 Å². The molecule has 0 radical (unpaired) electrons. The molecule has 2 aliphatic heterocycles. The lowest BCUT2D eigenvalue weighted by Gasteiger charge is -2.32. The molecule has 2 aliphatic rings. The van der Waals surface area contributed by atoms with Gasteiger partial charge in [-0.05, 0) is 39.6 Å². The Kier molecular flexibility index (Phi) is 4.88. The summed E-state index contributed by atoms with van der Waals surface area (Å²) in [5.41, 5.74) is 0.0830. The Morgan fingerprint density at radius 1 is 1.26 bits per heavy atom. The summed E-state index contributed by atoms with van der Waals surface area (Å²) in [4.78, 5) is 13.3. The highest BCUT2D eigenvalue weighted by Crippen LogP contribution is 2.39. The Balaban J connectivity index is 1.91. The molecule has 8 heteroatoms. The first kappa shape index (κ1) is 18.3. The predicted octanol–water partition coefficient (Wildman–Crippen LogP) is 3.12. The third-order valence-electron chi connectivity index (χ3n) is 4.78. The van der Waals surface area contributed by atoms with Crippen LogP contribution < -0.4 is 0 Å². The molecule has 2 rings (SSSR count). The van der Waals surface area contributed by atoms with Gasteiger partial charge in [0.25, 0.3) is 0 Å². The first-order valence-corrected chi connectivity index (χ1v) is 7.80. The lowest BCUT2D eigenvalue weighted by molar-refractivity contribution is -0.148. The molecule has 0 N–H and O–H groups in total. The van der Waals surface area contributed by atoms with E-state index in [0.717, 1.165) is 5.47 Å². The smallest absolute Gasteiger partial charge is 0.400 e. The summed E-state index contributed by atoms with van der Waals surface area (Å²) < 4.78 is 48.4. The van der Waals surface area contributed by atoms with Crippen LogP contribution in [-0.2, 0) is 14.1 Å². The molecule has 0 atom stereocenters. The average molecular weight is 333 g/mol. The summed E-state index contributed by atoms with van der Waals surface area (Å²) in [6.45, 7) is 8.54. The fourth-order valence-corrected chi connectivity index (χ4v) is 2.53. The molecule has 23 heavy (non-hydrogen) atoms. The summed E-state index contributed by atoms with van der Waals surface area (Å²) in [5, 5.41) is 0. The molecule has 0 unspecified atom stereocenters. The van der Waals surface area contributed by atoms with E-state index in [1.54, 1.807) is 0 Å². The van der Waals surface area contributed by atoms with Gasteiger partial charge in [-0.3, -0.25) is 4.79 Å². The Labute approximate surface area is 135 Å². The van der Waals surface area contributed by atoms with Gasteiger partial charge in [0.15, 0.2) is 0 Å². The minimum atomic E-state index is -4.30. The minimum Gasteiger partial charge on any atom is -0.400 e. The average Bonchev–Trinajstić information content (AvgIpc) is 2.64. The maximum Gasteiger partial charge on any atom is 0.490 e. The third kappa shape index (κ3) is 4.29. The maximum absolute atomic E-state index is 12.2. The number of carbonyl (C=O) groups excluding carboxylic acids is 1. The van der Waals surface area contributed by atoms with E-state index in [4.69, 9.17) is 9.31 Å². The van der Waals surface area contributed by atoms with Crippen molar-refractivity contribution in [1.82, 2.24) is 4.90 Å². The molecule has 2 heterocycles. The van der Waals surface area contributed by atoms with Gasteiger partial charge in [-0.25, -0.2) is 0 Å². The zero-order chi connectivity index (χ0) is 17.5. The maximum atomic E-state index is 12.2. The van der Waals surface area contributed by atoms with Crippen LogP contribution >= 0.6 is 0 Å².